The highest BCUT2D eigenvalue weighted by molar-refractivity contribution is 6.30. The van der Waals surface area contributed by atoms with Crippen molar-refractivity contribution in [2.45, 2.75) is 0 Å². The molecule has 0 unspecified atom stereocenters. The number of hydrogen-bond donors (Lipinski definition) is 0. The van der Waals surface area contributed by atoms with E-state index in [1.807, 2.05) is 18.2 Å². The highest BCUT2D eigenvalue weighted by Crippen LogP contribution is 2.40. The normalized spacial score (nSPS) is 11.8. The summed E-state index contributed by atoms with van der Waals surface area (Å²) in [6.45, 7) is 0. The molecule has 38 heavy (non-hydrogen) atoms. The van der Waals surface area contributed by atoms with Crippen molar-refractivity contribution in [3.63, 3.8) is 0 Å². The van der Waals surface area contributed by atoms with E-state index in [0.717, 1.165) is 16.1 Å². The van der Waals surface area contributed by atoms with Crippen LogP contribution in [0.1, 0.15) is 0 Å². The summed E-state index contributed by atoms with van der Waals surface area (Å²) in [6, 6.07) is 48.0. The van der Waals surface area contributed by atoms with Crippen molar-refractivity contribution in [2.24, 2.45) is 0 Å². The van der Waals surface area contributed by atoms with Crippen molar-refractivity contribution in [2.75, 3.05) is 0 Å². The maximum absolute atomic E-state index is 6.38. The van der Waals surface area contributed by atoms with Gasteiger partial charge in [-0.05, 0) is 74.5 Å². The van der Waals surface area contributed by atoms with E-state index in [4.69, 9.17) is 11.6 Å². The van der Waals surface area contributed by atoms with Gasteiger partial charge in [-0.2, -0.15) is 0 Å². The Balaban J connectivity index is 1.56. The van der Waals surface area contributed by atoms with Gasteiger partial charge in [0.05, 0.1) is 16.7 Å². The molecule has 0 radical (unpaired) electrons. The van der Waals surface area contributed by atoms with Crippen LogP contribution in [0, 0.1) is 0 Å². The van der Waals surface area contributed by atoms with Gasteiger partial charge in [0, 0.05) is 21.2 Å². The average Bonchev–Trinajstić information content (AvgIpc) is 3.28. The largest absolute Gasteiger partial charge is 0.309 e. The molecule has 0 atom stereocenters. The van der Waals surface area contributed by atoms with Crippen molar-refractivity contribution in [3.05, 3.63) is 138 Å². The topological polar surface area (TPSA) is 4.93 Å². The van der Waals surface area contributed by atoms with Gasteiger partial charge in [-0.3, -0.25) is 0 Å². The maximum Gasteiger partial charge on any atom is 0.0547 e. The predicted molar refractivity (Wildman–Crippen MR) is 164 cm³/mol. The highest BCUT2D eigenvalue weighted by atomic mass is 35.5. The van der Waals surface area contributed by atoms with Crippen LogP contribution in [0.2, 0.25) is 5.02 Å². The van der Waals surface area contributed by atoms with Gasteiger partial charge in [0.2, 0.25) is 0 Å². The molecule has 1 heterocycles. The zero-order chi connectivity index (χ0) is 25.2. The molecule has 0 aliphatic rings. The second-order valence-electron chi connectivity index (χ2n) is 9.96. The van der Waals surface area contributed by atoms with Gasteiger partial charge in [0.25, 0.3) is 0 Å². The molecule has 1 aromatic heterocycles. The Bertz CT molecular complexity index is 2200. The first kappa shape index (κ1) is 21.5. The molecule has 0 fully saturated rings. The number of rotatable bonds is 2. The van der Waals surface area contributed by atoms with E-state index in [-0.39, 0.29) is 0 Å². The Morgan fingerprint density at radius 3 is 1.87 bits per heavy atom. The van der Waals surface area contributed by atoms with Crippen LogP contribution < -0.4 is 0 Å². The third-order valence-electron chi connectivity index (χ3n) is 7.78. The molecule has 8 rings (SSSR count). The predicted octanol–water partition coefficient (Wildman–Crippen LogP) is 10.6. The Kier molecular flexibility index (Phi) is 4.64. The van der Waals surface area contributed by atoms with Gasteiger partial charge in [-0.25, -0.2) is 0 Å². The SMILES string of the molecule is Clc1cccc(-c2ccc3c4cc5ccccc5cc4n(-c4cc5ccccc5c5ccccc45)c3c2)c1. The molecular formula is C36H22ClN. The van der Waals surface area contributed by atoms with Crippen molar-refractivity contribution >= 4 is 65.7 Å². The number of fused-ring (bicyclic) bond motifs is 7. The van der Waals surface area contributed by atoms with E-state index in [1.165, 1.54) is 59.8 Å². The van der Waals surface area contributed by atoms with Crippen LogP contribution in [0.25, 0.3) is 70.9 Å². The van der Waals surface area contributed by atoms with Gasteiger partial charge < -0.3 is 4.57 Å². The van der Waals surface area contributed by atoms with Crippen LogP contribution in [0.5, 0.6) is 0 Å². The van der Waals surface area contributed by atoms with Gasteiger partial charge in [-0.1, -0.05) is 109 Å². The molecular weight excluding hydrogens is 482 g/mol. The minimum atomic E-state index is 0.745. The van der Waals surface area contributed by atoms with Gasteiger partial charge in [0.15, 0.2) is 0 Å². The zero-order valence-electron chi connectivity index (χ0n) is 20.5. The second kappa shape index (κ2) is 8.21. The van der Waals surface area contributed by atoms with Crippen LogP contribution in [0.15, 0.2) is 133 Å². The minimum Gasteiger partial charge on any atom is -0.309 e. The summed E-state index contributed by atoms with van der Waals surface area (Å²) in [5, 5.41) is 10.8. The van der Waals surface area contributed by atoms with Crippen LogP contribution in [-0.2, 0) is 0 Å². The molecule has 0 saturated heterocycles. The third-order valence-corrected chi connectivity index (χ3v) is 8.01. The van der Waals surface area contributed by atoms with E-state index in [1.54, 1.807) is 0 Å². The molecule has 0 aliphatic carbocycles. The van der Waals surface area contributed by atoms with Gasteiger partial charge in [0.1, 0.15) is 0 Å². The van der Waals surface area contributed by atoms with E-state index in [0.29, 0.717) is 0 Å². The lowest BCUT2D eigenvalue weighted by atomic mass is 10.00. The van der Waals surface area contributed by atoms with Crippen LogP contribution in [0.4, 0.5) is 0 Å². The monoisotopic (exact) mass is 503 g/mol. The molecule has 0 saturated carbocycles. The molecule has 0 aliphatic heterocycles. The Labute approximate surface area is 225 Å². The molecule has 0 bridgehead atoms. The summed E-state index contributed by atoms with van der Waals surface area (Å²) >= 11 is 6.38. The Morgan fingerprint density at radius 1 is 0.395 bits per heavy atom. The second-order valence-corrected chi connectivity index (χ2v) is 10.4. The fraction of sp³-hybridized carbons (Fsp3) is 0. The summed E-state index contributed by atoms with van der Waals surface area (Å²) in [5.41, 5.74) is 5.86. The van der Waals surface area contributed by atoms with Crippen LogP contribution in [-0.4, -0.2) is 4.57 Å². The fourth-order valence-electron chi connectivity index (χ4n) is 6.03. The quantitative estimate of drug-likeness (QED) is 0.207. The summed E-state index contributed by atoms with van der Waals surface area (Å²) in [6.07, 6.45) is 0. The van der Waals surface area contributed by atoms with E-state index < -0.39 is 0 Å². The molecule has 8 aromatic rings. The summed E-state index contributed by atoms with van der Waals surface area (Å²) in [5.74, 6) is 0. The standard InChI is InChI=1S/C36H22ClN/c37-28-12-7-11-23(18-28)26-16-17-32-33-19-24-8-1-2-9-25(24)20-36(33)38(34(32)21-26)35-22-27-10-3-4-13-29(27)30-14-5-6-15-31(30)35/h1-22H. The molecule has 2 heteroatoms. The van der Waals surface area contributed by atoms with Crippen molar-refractivity contribution in [3.8, 4) is 16.8 Å². The molecule has 178 valence electrons. The fourth-order valence-corrected chi connectivity index (χ4v) is 6.22. The first-order chi connectivity index (χ1) is 18.7. The number of hydrogen-bond acceptors (Lipinski definition) is 0. The van der Waals surface area contributed by atoms with Gasteiger partial charge >= 0.3 is 0 Å². The smallest absolute Gasteiger partial charge is 0.0547 e. The average molecular weight is 504 g/mol. The first-order valence-corrected chi connectivity index (χ1v) is 13.3. The van der Waals surface area contributed by atoms with E-state index in [9.17, 15) is 0 Å². The lowest BCUT2D eigenvalue weighted by molar-refractivity contribution is 1.20. The number of benzene rings is 7. The lowest BCUT2D eigenvalue weighted by Crippen LogP contribution is -1.96. The Morgan fingerprint density at radius 2 is 1.05 bits per heavy atom. The van der Waals surface area contributed by atoms with Crippen molar-refractivity contribution in [1.29, 1.82) is 0 Å². The molecule has 0 N–H and O–H groups in total. The molecule has 0 spiro atoms. The maximum atomic E-state index is 6.38. The minimum absolute atomic E-state index is 0.745. The molecule has 0 amide bonds. The van der Waals surface area contributed by atoms with E-state index >= 15 is 0 Å². The van der Waals surface area contributed by atoms with Gasteiger partial charge in [-0.15, -0.1) is 0 Å². The first-order valence-electron chi connectivity index (χ1n) is 12.9. The lowest BCUT2D eigenvalue weighted by Gasteiger charge is -2.15. The summed E-state index contributed by atoms with van der Waals surface area (Å²) < 4.78 is 2.46. The third kappa shape index (κ3) is 3.19. The number of aromatic nitrogens is 1. The number of halogens is 1. The Hall–Kier alpha value is -4.59. The van der Waals surface area contributed by atoms with E-state index in [2.05, 4.69) is 120 Å². The van der Waals surface area contributed by atoms with Crippen molar-refractivity contribution in [1.82, 2.24) is 4.57 Å². The molecule has 1 nitrogen and oxygen atoms in total. The van der Waals surface area contributed by atoms with Crippen molar-refractivity contribution < 1.29 is 0 Å². The zero-order valence-corrected chi connectivity index (χ0v) is 21.3. The van der Waals surface area contributed by atoms with Crippen LogP contribution >= 0.6 is 11.6 Å². The number of nitrogens with zero attached hydrogens (tertiary/aromatic N) is 1. The van der Waals surface area contributed by atoms with Crippen LogP contribution in [0.3, 0.4) is 0 Å². The highest BCUT2D eigenvalue weighted by Gasteiger charge is 2.17. The summed E-state index contributed by atoms with van der Waals surface area (Å²) in [4.78, 5) is 0. The summed E-state index contributed by atoms with van der Waals surface area (Å²) in [7, 11) is 0. The molecule has 7 aromatic carbocycles.